The van der Waals surface area contributed by atoms with Crippen LogP contribution in [0.4, 0.5) is 10.8 Å². The fraction of sp³-hybridized carbons (Fsp3) is 0.0556. The van der Waals surface area contributed by atoms with Crippen LogP contribution < -0.4 is 16.0 Å². The molecule has 0 fully saturated rings. The van der Waals surface area contributed by atoms with E-state index in [4.69, 9.17) is 23.2 Å². The Labute approximate surface area is 294 Å². The van der Waals surface area contributed by atoms with Crippen molar-refractivity contribution in [1.29, 1.82) is 0 Å². The normalized spacial score (nSPS) is 12.0. The topological polar surface area (TPSA) is 116 Å². The van der Waals surface area contributed by atoms with Crippen molar-refractivity contribution >= 4 is 91.8 Å². The van der Waals surface area contributed by atoms with Crippen molar-refractivity contribution in [2.24, 2.45) is 0 Å². The molecule has 240 valence electrons. The number of benzene rings is 4. The molecule has 0 aliphatic heterocycles. The summed E-state index contributed by atoms with van der Waals surface area (Å²) in [5.74, 6) is -1.10. The van der Waals surface area contributed by atoms with E-state index in [9.17, 15) is 14.4 Å². The molecule has 8 nitrogen and oxygen atoms in total. The molecular weight excluding hydrogens is 685 g/mol. The molecule has 0 radical (unpaired) electrons. The lowest BCUT2D eigenvalue weighted by molar-refractivity contribution is -0.115. The minimum Gasteiger partial charge on any atom is -0.361 e. The van der Waals surface area contributed by atoms with Crippen LogP contribution in [0.5, 0.6) is 0 Å². The van der Waals surface area contributed by atoms with E-state index in [1.165, 1.54) is 23.1 Å². The number of fused-ring (bicyclic) bond motifs is 1. The van der Waals surface area contributed by atoms with Crippen LogP contribution in [0.25, 0.3) is 27.4 Å². The van der Waals surface area contributed by atoms with Gasteiger partial charge in [0.25, 0.3) is 11.8 Å². The molecule has 0 bridgehead atoms. The molecule has 2 aromatic heterocycles. The summed E-state index contributed by atoms with van der Waals surface area (Å²) < 4.78 is 0. The Bertz CT molecular complexity index is 2150. The number of carbonyl (C=O) groups is 3. The van der Waals surface area contributed by atoms with Gasteiger partial charge in [-0.15, -0.1) is 11.8 Å². The van der Waals surface area contributed by atoms with Crippen LogP contribution in [-0.4, -0.2) is 32.9 Å². The number of amides is 3. The Hall–Kier alpha value is -4.87. The van der Waals surface area contributed by atoms with Crippen molar-refractivity contribution in [1.82, 2.24) is 15.3 Å². The zero-order valence-electron chi connectivity index (χ0n) is 25.3. The van der Waals surface area contributed by atoms with Crippen LogP contribution in [0.3, 0.4) is 0 Å². The van der Waals surface area contributed by atoms with E-state index < -0.39 is 17.1 Å². The number of nitrogens with zero attached hydrogens (tertiary/aromatic N) is 1. The van der Waals surface area contributed by atoms with Gasteiger partial charge in [-0.25, -0.2) is 4.98 Å². The molecule has 12 heteroatoms. The summed E-state index contributed by atoms with van der Waals surface area (Å²) in [5.41, 5.74) is 3.49. The number of thioether (sulfide) groups is 1. The van der Waals surface area contributed by atoms with Gasteiger partial charge in [0.05, 0.1) is 15.1 Å². The quantitative estimate of drug-likeness (QED) is 0.0836. The average molecular weight is 713 g/mol. The zero-order valence-corrected chi connectivity index (χ0v) is 28.4. The molecule has 1 atom stereocenters. The summed E-state index contributed by atoms with van der Waals surface area (Å²) >= 11 is 15.0. The van der Waals surface area contributed by atoms with E-state index in [-0.39, 0.29) is 11.6 Å². The minimum absolute atomic E-state index is 0.0843. The van der Waals surface area contributed by atoms with Gasteiger partial charge in [0.15, 0.2) is 5.13 Å². The number of thiazole rings is 1. The summed E-state index contributed by atoms with van der Waals surface area (Å²) in [5, 5.41) is 10.5. The number of carbonyl (C=O) groups excluding carboxylic acids is 3. The van der Waals surface area contributed by atoms with Gasteiger partial charge in [0.1, 0.15) is 5.70 Å². The highest BCUT2D eigenvalue weighted by molar-refractivity contribution is 8.00. The first-order valence-electron chi connectivity index (χ1n) is 14.7. The molecule has 0 unspecified atom stereocenters. The van der Waals surface area contributed by atoms with Crippen LogP contribution in [-0.2, 0) is 9.59 Å². The summed E-state index contributed by atoms with van der Waals surface area (Å²) in [4.78, 5) is 48.6. The Balaban J connectivity index is 1.11. The third kappa shape index (κ3) is 7.98. The van der Waals surface area contributed by atoms with Crippen LogP contribution in [0.1, 0.15) is 22.8 Å². The first-order valence-corrected chi connectivity index (χ1v) is 17.1. The van der Waals surface area contributed by atoms with Gasteiger partial charge in [0, 0.05) is 55.6 Å². The van der Waals surface area contributed by atoms with Crippen molar-refractivity contribution < 1.29 is 14.4 Å². The molecule has 0 saturated carbocycles. The second-order valence-electron chi connectivity index (χ2n) is 10.5. The van der Waals surface area contributed by atoms with Gasteiger partial charge in [-0.05, 0) is 67.6 Å². The van der Waals surface area contributed by atoms with Crippen molar-refractivity contribution in [2.75, 3.05) is 10.6 Å². The van der Waals surface area contributed by atoms with E-state index >= 15 is 0 Å². The molecule has 6 rings (SSSR count). The van der Waals surface area contributed by atoms with E-state index in [2.05, 4.69) is 25.9 Å². The third-order valence-corrected chi connectivity index (χ3v) is 9.78. The van der Waals surface area contributed by atoms with Crippen LogP contribution in [0.15, 0.2) is 120 Å². The lowest BCUT2D eigenvalue weighted by Gasteiger charge is -2.13. The maximum atomic E-state index is 13.5. The zero-order chi connectivity index (χ0) is 33.6. The molecule has 0 aliphatic rings. The summed E-state index contributed by atoms with van der Waals surface area (Å²) in [6.45, 7) is 1.80. The fourth-order valence-corrected chi connectivity index (χ4v) is 7.03. The number of anilines is 2. The lowest BCUT2D eigenvalue weighted by Crippen LogP contribution is -2.30. The van der Waals surface area contributed by atoms with Crippen molar-refractivity contribution in [3.05, 3.63) is 136 Å². The third-order valence-electron chi connectivity index (χ3n) is 7.18. The number of aromatic amines is 1. The van der Waals surface area contributed by atoms with Gasteiger partial charge in [-0.1, -0.05) is 77.0 Å². The SMILES string of the molecule is C[C@@H](Sc1ccc(NC(=O)/C(=C/c2c[nH]c3ccccc23)NC(=O)c2ccccc2)cc1)C(=O)Nc1ncc(-c2ccc(Cl)cc2Cl)s1. The van der Waals surface area contributed by atoms with Crippen LogP contribution in [0.2, 0.25) is 10.0 Å². The second-order valence-corrected chi connectivity index (χ2v) is 13.8. The number of rotatable bonds is 10. The molecule has 0 aliphatic carbocycles. The average Bonchev–Trinajstić information content (AvgIpc) is 3.72. The van der Waals surface area contributed by atoms with Gasteiger partial charge < -0.3 is 20.9 Å². The number of halogens is 2. The summed E-state index contributed by atoms with van der Waals surface area (Å²) in [6.07, 6.45) is 5.10. The van der Waals surface area contributed by atoms with Crippen LogP contribution in [0, 0.1) is 0 Å². The van der Waals surface area contributed by atoms with E-state index in [0.29, 0.717) is 26.4 Å². The predicted molar refractivity (Wildman–Crippen MR) is 197 cm³/mol. The summed E-state index contributed by atoms with van der Waals surface area (Å²) in [6, 6.07) is 28.8. The standard InChI is InChI=1S/C36H27Cl2N5O3S2/c1-21(33(44)43-36-40-20-32(48-36)28-16-11-24(37)18-29(28)38)47-26-14-12-25(13-15-26)41-35(46)31(42-34(45)22-7-3-2-4-8-22)17-23-19-39-30-10-6-5-9-27(23)30/h2-21,39H,1H3,(H,41,46)(H,42,45)(H,40,43,44)/b31-17-/t21-/m1/s1. The second kappa shape index (κ2) is 14.9. The van der Waals surface area contributed by atoms with Crippen molar-refractivity contribution in [2.45, 2.75) is 17.1 Å². The van der Waals surface area contributed by atoms with Crippen molar-refractivity contribution in [3.63, 3.8) is 0 Å². The number of H-pyrrole nitrogens is 1. The number of hydrogen-bond acceptors (Lipinski definition) is 6. The molecule has 4 aromatic carbocycles. The molecule has 6 aromatic rings. The number of nitrogens with one attached hydrogen (secondary N) is 4. The molecule has 2 heterocycles. The maximum Gasteiger partial charge on any atom is 0.272 e. The number of aromatic nitrogens is 2. The maximum absolute atomic E-state index is 13.5. The number of hydrogen-bond donors (Lipinski definition) is 4. The first kappa shape index (κ1) is 33.0. The van der Waals surface area contributed by atoms with Crippen LogP contribution >= 0.6 is 46.3 Å². The predicted octanol–water partition coefficient (Wildman–Crippen LogP) is 9.13. The monoisotopic (exact) mass is 711 g/mol. The lowest BCUT2D eigenvalue weighted by atomic mass is 10.1. The van der Waals surface area contributed by atoms with E-state index in [1.807, 2.05) is 48.5 Å². The summed E-state index contributed by atoms with van der Waals surface area (Å²) in [7, 11) is 0. The van der Waals surface area contributed by atoms with E-state index in [1.54, 1.807) is 73.9 Å². The highest BCUT2D eigenvalue weighted by Crippen LogP contribution is 2.36. The smallest absolute Gasteiger partial charge is 0.272 e. The Kier molecular flexibility index (Phi) is 10.3. The minimum atomic E-state index is -0.486. The molecule has 3 amide bonds. The van der Waals surface area contributed by atoms with Gasteiger partial charge in [-0.3, -0.25) is 14.4 Å². The van der Waals surface area contributed by atoms with Gasteiger partial charge in [-0.2, -0.15) is 0 Å². The molecule has 48 heavy (non-hydrogen) atoms. The Morgan fingerprint density at radius 2 is 1.67 bits per heavy atom. The molecule has 4 N–H and O–H groups in total. The van der Waals surface area contributed by atoms with Gasteiger partial charge in [0.2, 0.25) is 5.91 Å². The molecule has 0 saturated heterocycles. The van der Waals surface area contributed by atoms with Crippen molar-refractivity contribution in [3.8, 4) is 10.4 Å². The largest absolute Gasteiger partial charge is 0.361 e. The highest BCUT2D eigenvalue weighted by Gasteiger charge is 2.19. The first-order chi connectivity index (χ1) is 23.2. The Morgan fingerprint density at radius 3 is 2.44 bits per heavy atom. The molecule has 0 spiro atoms. The fourth-order valence-electron chi connectivity index (χ4n) is 4.74. The van der Waals surface area contributed by atoms with Gasteiger partial charge >= 0.3 is 0 Å². The number of para-hydroxylation sites is 1. The van der Waals surface area contributed by atoms with E-state index in [0.717, 1.165) is 31.8 Å². The Morgan fingerprint density at radius 1 is 0.917 bits per heavy atom. The highest BCUT2D eigenvalue weighted by atomic mass is 35.5. The molecular formula is C36H27Cl2N5O3S2.